The molecule has 35 heteroatoms. The van der Waals surface area contributed by atoms with E-state index in [0.717, 1.165) is 6.42 Å². The molecule has 111 heavy (non-hydrogen) atoms. The fourth-order valence-corrected chi connectivity index (χ4v) is 12.5. The van der Waals surface area contributed by atoms with Crippen LogP contribution in [0.15, 0.2) is 24.3 Å². The maximum absolute atomic E-state index is 14.9. The van der Waals surface area contributed by atoms with Gasteiger partial charge in [0.15, 0.2) is 0 Å². The first-order valence-corrected chi connectivity index (χ1v) is 39.7. The van der Waals surface area contributed by atoms with E-state index in [-0.39, 0.29) is 113 Å². The van der Waals surface area contributed by atoms with Crippen LogP contribution in [0.25, 0.3) is 0 Å². The molecule has 0 unspecified atom stereocenters. The third-order valence-electron chi connectivity index (χ3n) is 19.4. The van der Waals surface area contributed by atoms with Gasteiger partial charge in [-0.2, -0.15) is 0 Å². The third-order valence-corrected chi connectivity index (χ3v) is 19.4. The minimum absolute atomic E-state index is 0.00421. The number of amides is 13. The molecule has 13 amide bonds. The zero-order valence-electron chi connectivity index (χ0n) is 66.9. The van der Waals surface area contributed by atoms with Gasteiger partial charge in [-0.1, -0.05) is 94.2 Å². The van der Waals surface area contributed by atoms with E-state index >= 15 is 0 Å². The molecule has 0 aliphatic carbocycles. The summed E-state index contributed by atoms with van der Waals surface area (Å²) in [6.45, 7) is 18.4. The van der Waals surface area contributed by atoms with Gasteiger partial charge in [0, 0.05) is 12.8 Å². The van der Waals surface area contributed by atoms with Gasteiger partial charge >= 0.3 is 5.97 Å². The Kier molecular flexibility index (Phi) is 47.3. The number of phenolic OH excluding ortho intramolecular Hbond substituents is 1. The molecular weight excluding hydrogens is 1440 g/mol. The standard InChI is InChI=1S/C76H134N18O17/c1-11-46(9)62(74(108)87-53(24-15-19-35-79)66(100)83-52(23-14-18-34-78)67(101)89-58(40-45(7)8)71(105)90-56(38-43(3)4)70(104)86-55(31-32-61(81)97)68(102)92-60(42-95)76(110)111)94-75(109)63(47(10)12-2)93-69(103)54(25-16-20-36-80)84-65(99)51(22-13-17-33-77)85-73(107)59(41-48-27-29-49(96)30-28-48)91-72(106)57(39-44(5)6)88-64(98)50-26-21-37-82-50/h27-30,43-47,50-60,62-63,82,95-96H,11-26,31-42,77-80H2,1-10H3,(H2,81,97)(H,83,100)(H,84,99)(H,85,107)(H,86,104)(H,87,108)(H,88,98)(H,89,101)(H,90,105)(H,91,106)(H,92,102)(H,93,103)(H,94,109)(H,110,111)/t46-,47-,50-,51-,52-,53-,54-,55-,56-,57-,58-,59-,60-,62-,63-/m0/s1. The molecule has 15 atom stereocenters. The number of carboxylic acid groups (broad SMARTS) is 1. The molecule has 1 heterocycles. The molecule has 26 N–H and O–H groups in total. The number of carbonyl (C=O) groups excluding carboxylic acids is 13. The van der Waals surface area contributed by atoms with Crippen molar-refractivity contribution in [1.29, 1.82) is 0 Å². The SMILES string of the molecule is CC[C@H](C)[C@H](NC(=O)[C@H](CCCCN)NC(=O)[C@H](CCCCN)NC(=O)[C@H](Cc1ccc(O)cc1)NC(=O)[C@H](CC(C)C)NC(=O)[C@@H]1CCCN1)C(=O)N[C@H](C(=O)N[C@@H](CCCCN)C(=O)N[C@@H](CCCCN)C(=O)N[C@@H](CC(C)C)C(=O)N[C@@H](CC(C)C)C(=O)N[C@@H](CCC(N)=O)C(=O)N[C@@H](CO)C(=O)O)[C@@H](C)CC. The maximum Gasteiger partial charge on any atom is 0.328 e. The summed E-state index contributed by atoms with van der Waals surface area (Å²) in [6, 6.07) is -10.8. The lowest BCUT2D eigenvalue weighted by Crippen LogP contribution is -2.62. The van der Waals surface area contributed by atoms with Crippen LogP contribution in [0.2, 0.25) is 0 Å². The Morgan fingerprint density at radius 2 is 0.721 bits per heavy atom. The van der Waals surface area contributed by atoms with E-state index in [4.69, 9.17) is 28.7 Å². The molecule has 1 aliphatic rings. The normalized spacial score (nSPS) is 16.5. The molecule has 1 saturated heterocycles. The Morgan fingerprint density at radius 3 is 1.05 bits per heavy atom. The molecule has 2 rings (SSSR count). The predicted molar refractivity (Wildman–Crippen MR) is 418 cm³/mol. The lowest BCUT2D eigenvalue weighted by molar-refractivity contribution is -0.143. The van der Waals surface area contributed by atoms with Gasteiger partial charge in [0.1, 0.15) is 78.3 Å². The minimum atomic E-state index is -1.76. The number of unbranched alkanes of at least 4 members (excludes halogenated alkanes) is 4. The van der Waals surface area contributed by atoms with Gasteiger partial charge in [-0.05, 0) is 196 Å². The van der Waals surface area contributed by atoms with Crippen LogP contribution < -0.4 is 97.8 Å². The van der Waals surface area contributed by atoms with Crippen molar-refractivity contribution in [3.8, 4) is 5.75 Å². The largest absolute Gasteiger partial charge is 0.508 e. The number of primary amides is 1. The van der Waals surface area contributed by atoms with E-state index in [0.29, 0.717) is 82.7 Å². The number of nitrogens with two attached hydrogens (primary N) is 5. The second-order valence-corrected chi connectivity index (χ2v) is 30.4. The Bertz CT molecular complexity index is 3100. The smallest absolute Gasteiger partial charge is 0.328 e. The minimum Gasteiger partial charge on any atom is -0.508 e. The van der Waals surface area contributed by atoms with Crippen LogP contribution in [0.1, 0.15) is 210 Å². The summed E-state index contributed by atoms with van der Waals surface area (Å²) in [5.74, 6) is -13.5. The molecule has 0 aromatic heterocycles. The lowest BCUT2D eigenvalue weighted by atomic mass is 9.94. The second-order valence-electron chi connectivity index (χ2n) is 30.4. The van der Waals surface area contributed by atoms with Crippen LogP contribution in [0.4, 0.5) is 0 Å². The van der Waals surface area contributed by atoms with Gasteiger partial charge in [0.25, 0.3) is 0 Å². The van der Waals surface area contributed by atoms with E-state index in [1.54, 1.807) is 67.5 Å². The average molecular weight is 1570 g/mol. The first kappa shape index (κ1) is 98.4. The summed E-state index contributed by atoms with van der Waals surface area (Å²) < 4.78 is 0. The zero-order chi connectivity index (χ0) is 83.4. The summed E-state index contributed by atoms with van der Waals surface area (Å²) in [5, 5.41) is 64.8. The highest BCUT2D eigenvalue weighted by molar-refractivity contribution is 6.00. The fraction of sp³-hybridized carbons (Fsp3) is 0.737. The quantitative estimate of drug-likeness (QED) is 0.0333. The molecule has 630 valence electrons. The van der Waals surface area contributed by atoms with Gasteiger partial charge in [0.2, 0.25) is 76.8 Å². The van der Waals surface area contributed by atoms with Gasteiger partial charge in [0.05, 0.1) is 12.6 Å². The topological polar surface area (TPSA) is 586 Å². The van der Waals surface area contributed by atoms with Crippen molar-refractivity contribution in [2.75, 3.05) is 39.3 Å². The van der Waals surface area contributed by atoms with Crippen molar-refractivity contribution in [3.05, 3.63) is 29.8 Å². The van der Waals surface area contributed by atoms with E-state index in [9.17, 15) is 82.4 Å². The Hall–Kier alpha value is -8.64. The molecule has 35 nitrogen and oxygen atoms in total. The van der Waals surface area contributed by atoms with Crippen molar-refractivity contribution in [1.82, 2.24) is 69.1 Å². The summed E-state index contributed by atoms with van der Waals surface area (Å²) in [4.78, 5) is 196. The number of aliphatic hydroxyl groups excluding tert-OH is 1. The van der Waals surface area contributed by atoms with Crippen molar-refractivity contribution in [3.63, 3.8) is 0 Å². The Labute approximate surface area is 653 Å². The number of hydrogen-bond donors (Lipinski definition) is 21. The number of phenols is 1. The van der Waals surface area contributed by atoms with Crippen LogP contribution in [-0.4, -0.2) is 216 Å². The van der Waals surface area contributed by atoms with E-state index in [1.807, 2.05) is 13.8 Å². The van der Waals surface area contributed by atoms with Crippen molar-refractivity contribution >= 4 is 82.8 Å². The summed E-state index contributed by atoms with van der Waals surface area (Å²) in [7, 11) is 0. The lowest BCUT2D eigenvalue weighted by Gasteiger charge is -2.31. The van der Waals surface area contributed by atoms with E-state index < -0.39 is 180 Å². The number of rotatable bonds is 57. The highest BCUT2D eigenvalue weighted by Crippen LogP contribution is 2.19. The van der Waals surface area contributed by atoms with Crippen LogP contribution >= 0.6 is 0 Å². The number of carbonyl (C=O) groups is 14. The fourth-order valence-electron chi connectivity index (χ4n) is 12.5. The molecule has 0 spiro atoms. The van der Waals surface area contributed by atoms with Crippen LogP contribution in [0.5, 0.6) is 5.75 Å². The van der Waals surface area contributed by atoms with E-state index in [1.165, 1.54) is 12.1 Å². The summed E-state index contributed by atoms with van der Waals surface area (Å²) >= 11 is 0. The molecule has 1 aromatic carbocycles. The van der Waals surface area contributed by atoms with Crippen molar-refractivity contribution in [2.24, 2.45) is 58.3 Å². The highest BCUT2D eigenvalue weighted by atomic mass is 16.4. The van der Waals surface area contributed by atoms with E-state index in [2.05, 4.69) is 69.1 Å². The van der Waals surface area contributed by atoms with Crippen LogP contribution in [-0.2, 0) is 73.5 Å². The number of aromatic hydroxyl groups is 1. The molecule has 0 radical (unpaired) electrons. The number of aliphatic hydroxyl groups is 1. The number of carboxylic acids is 1. The van der Waals surface area contributed by atoms with Crippen LogP contribution in [0.3, 0.4) is 0 Å². The number of hydrogen-bond acceptors (Lipinski definition) is 21. The zero-order valence-corrected chi connectivity index (χ0v) is 66.9. The molecule has 1 aromatic rings. The van der Waals surface area contributed by atoms with Crippen molar-refractivity contribution < 1.29 is 82.4 Å². The summed E-state index contributed by atoms with van der Waals surface area (Å²) in [6.07, 6.45) is 4.49. The Balaban J connectivity index is 2.57. The van der Waals surface area contributed by atoms with Gasteiger partial charge < -0.3 is 113 Å². The maximum atomic E-state index is 14.9. The Morgan fingerprint density at radius 1 is 0.414 bits per heavy atom. The highest BCUT2D eigenvalue weighted by Gasteiger charge is 2.40. The van der Waals surface area contributed by atoms with Gasteiger partial charge in [-0.15, -0.1) is 0 Å². The van der Waals surface area contributed by atoms with Gasteiger partial charge in [-0.3, -0.25) is 62.3 Å². The summed E-state index contributed by atoms with van der Waals surface area (Å²) in [5.41, 5.74) is 29.5. The average Bonchev–Trinajstić information content (AvgIpc) is 1.62. The third kappa shape index (κ3) is 37.5. The van der Waals surface area contributed by atoms with Crippen LogP contribution in [0, 0.1) is 29.6 Å². The molecule has 1 fully saturated rings. The van der Waals surface area contributed by atoms with Crippen molar-refractivity contribution in [2.45, 2.75) is 289 Å². The molecule has 0 saturated carbocycles. The first-order chi connectivity index (χ1) is 52.6. The van der Waals surface area contributed by atoms with Gasteiger partial charge in [-0.25, -0.2) is 4.79 Å². The predicted octanol–water partition coefficient (Wildman–Crippen LogP) is -1.41. The monoisotopic (exact) mass is 1570 g/mol. The number of benzene rings is 1. The number of nitrogens with one attached hydrogen (secondary N) is 13. The number of aliphatic carboxylic acids is 1. The first-order valence-electron chi connectivity index (χ1n) is 39.7. The molecular formula is C76H134N18O17. The second kappa shape index (κ2) is 53.3. The molecule has 0 bridgehead atoms. The molecule has 1 aliphatic heterocycles.